The number of carbonyl (C=O) groups is 1. The Morgan fingerprint density at radius 1 is 1.57 bits per heavy atom. The molecule has 0 radical (unpaired) electrons. The van der Waals surface area contributed by atoms with Crippen molar-refractivity contribution in [2.75, 3.05) is 0 Å². The highest BCUT2D eigenvalue weighted by Crippen LogP contribution is 2.51. The van der Waals surface area contributed by atoms with E-state index in [2.05, 4.69) is 16.9 Å². The summed E-state index contributed by atoms with van der Waals surface area (Å²) in [6.45, 7) is 4.08. The molecule has 1 aromatic heterocycles. The lowest BCUT2D eigenvalue weighted by atomic mass is 9.58. The largest absolute Gasteiger partial charge is 0.299 e. The van der Waals surface area contributed by atoms with Crippen molar-refractivity contribution < 1.29 is 4.79 Å². The van der Waals surface area contributed by atoms with Crippen LogP contribution < -0.4 is 0 Å². The average Bonchev–Trinajstić information content (AvgIpc) is 2.25. The van der Waals surface area contributed by atoms with E-state index in [0.29, 0.717) is 12.2 Å². The third kappa shape index (κ3) is 1.15. The van der Waals surface area contributed by atoms with Gasteiger partial charge in [0.25, 0.3) is 0 Å². The zero-order chi connectivity index (χ0) is 10.2. The Hall–Kier alpha value is -1.25. The third-order valence-corrected chi connectivity index (χ3v) is 3.47. The second kappa shape index (κ2) is 3.15. The van der Waals surface area contributed by atoms with Crippen LogP contribution in [0, 0.1) is 5.41 Å². The Kier molecular flexibility index (Phi) is 2.10. The lowest BCUT2D eigenvalue weighted by Gasteiger charge is -2.44. The van der Waals surface area contributed by atoms with E-state index in [9.17, 15) is 4.79 Å². The van der Waals surface area contributed by atoms with Crippen molar-refractivity contribution in [2.45, 2.75) is 32.6 Å². The molecule has 0 amide bonds. The Bertz CT molecular complexity index is 350. The molecule has 1 fully saturated rings. The van der Waals surface area contributed by atoms with Crippen LogP contribution >= 0.6 is 0 Å². The smallest absolute Gasteiger partial charge is 0.140 e. The second-order valence-corrected chi connectivity index (χ2v) is 4.08. The molecular weight excluding hydrogens is 176 g/mol. The van der Waals surface area contributed by atoms with Gasteiger partial charge in [0.15, 0.2) is 0 Å². The fourth-order valence-corrected chi connectivity index (χ4v) is 2.07. The van der Waals surface area contributed by atoms with E-state index in [1.165, 1.54) is 0 Å². The van der Waals surface area contributed by atoms with Gasteiger partial charge in [0.2, 0.25) is 0 Å². The number of ketones is 1. The molecule has 1 aliphatic carbocycles. The molecule has 0 aliphatic heterocycles. The molecule has 0 aromatic carbocycles. The molecule has 1 saturated carbocycles. The SMILES string of the molecule is CCC1(C)C(=O)CC1c1cnccn1. The van der Waals surface area contributed by atoms with Crippen LogP contribution in [-0.2, 0) is 4.79 Å². The minimum Gasteiger partial charge on any atom is -0.299 e. The zero-order valence-corrected chi connectivity index (χ0v) is 8.53. The van der Waals surface area contributed by atoms with E-state index in [0.717, 1.165) is 12.1 Å². The number of hydrogen-bond donors (Lipinski definition) is 0. The zero-order valence-electron chi connectivity index (χ0n) is 8.53. The summed E-state index contributed by atoms with van der Waals surface area (Å²) in [6.07, 6.45) is 6.63. The summed E-state index contributed by atoms with van der Waals surface area (Å²) in [5.41, 5.74) is 0.757. The molecule has 0 N–H and O–H groups in total. The lowest BCUT2D eigenvalue weighted by molar-refractivity contribution is -0.139. The maximum Gasteiger partial charge on any atom is 0.140 e. The Labute approximate surface area is 83.6 Å². The minimum absolute atomic E-state index is 0.198. The third-order valence-electron chi connectivity index (χ3n) is 3.47. The van der Waals surface area contributed by atoms with Gasteiger partial charge in [-0.3, -0.25) is 14.8 Å². The van der Waals surface area contributed by atoms with E-state index in [4.69, 9.17) is 0 Å². The molecule has 0 saturated heterocycles. The maximum atomic E-state index is 11.5. The summed E-state index contributed by atoms with van der Waals surface area (Å²) in [5.74, 6) is 0.629. The highest BCUT2D eigenvalue weighted by atomic mass is 16.1. The van der Waals surface area contributed by atoms with Crippen LogP contribution in [0.4, 0.5) is 0 Å². The highest BCUT2D eigenvalue weighted by molar-refractivity contribution is 5.92. The molecule has 2 rings (SSSR count). The van der Waals surface area contributed by atoms with E-state index >= 15 is 0 Å². The second-order valence-electron chi connectivity index (χ2n) is 4.08. The first-order valence-electron chi connectivity index (χ1n) is 4.97. The van der Waals surface area contributed by atoms with Gasteiger partial charge in [0, 0.05) is 36.3 Å². The Morgan fingerprint density at radius 3 is 2.86 bits per heavy atom. The van der Waals surface area contributed by atoms with E-state index < -0.39 is 0 Å². The van der Waals surface area contributed by atoms with Crippen molar-refractivity contribution in [3.63, 3.8) is 0 Å². The van der Waals surface area contributed by atoms with Gasteiger partial charge in [-0.15, -0.1) is 0 Å². The van der Waals surface area contributed by atoms with Crippen LogP contribution in [0.1, 0.15) is 38.3 Å². The summed E-state index contributed by atoms with van der Waals surface area (Å²) in [7, 11) is 0. The Balaban J connectivity index is 2.27. The molecule has 0 bridgehead atoms. The van der Waals surface area contributed by atoms with E-state index in [1.807, 2.05) is 6.92 Å². The predicted octanol–water partition coefficient (Wildman–Crippen LogP) is 1.95. The fourth-order valence-electron chi connectivity index (χ4n) is 2.07. The molecule has 2 atom stereocenters. The lowest BCUT2D eigenvalue weighted by Crippen LogP contribution is -2.45. The van der Waals surface area contributed by atoms with Crippen molar-refractivity contribution in [3.05, 3.63) is 24.3 Å². The summed E-state index contributed by atoms with van der Waals surface area (Å²) >= 11 is 0. The first kappa shape index (κ1) is 9.31. The molecular formula is C11H14N2O. The maximum absolute atomic E-state index is 11.5. The summed E-state index contributed by atoms with van der Waals surface area (Å²) in [6, 6.07) is 0. The average molecular weight is 190 g/mol. The quantitative estimate of drug-likeness (QED) is 0.715. The van der Waals surface area contributed by atoms with Gasteiger partial charge in [-0.2, -0.15) is 0 Å². The first-order chi connectivity index (χ1) is 6.68. The minimum atomic E-state index is -0.198. The summed E-state index contributed by atoms with van der Waals surface area (Å²) < 4.78 is 0. The van der Waals surface area contributed by atoms with Gasteiger partial charge in [-0.25, -0.2) is 0 Å². The van der Waals surface area contributed by atoms with E-state index in [1.54, 1.807) is 18.6 Å². The van der Waals surface area contributed by atoms with Crippen molar-refractivity contribution in [3.8, 4) is 0 Å². The highest BCUT2D eigenvalue weighted by Gasteiger charge is 2.50. The normalized spacial score (nSPS) is 31.3. The van der Waals surface area contributed by atoms with Crippen molar-refractivity contribution in [1.29, 1.82) is 0 Å². The van der Waals surface area contributed by atoms with E-state index in [-0.39, 0.29) is 11.3 Å². The Morgan fingerprint density at radius 2 is 2.36 bits per heavy atom. The number of rotatable bonds is 2. The number of nitrogens with zero attached hydrogens (tertiary/aromatic N) is 2. The van der Waals surface area contributed by atoms with Gasteiger partial charge in [-0.1, -0.05) is 13.8 Å². The molecule has 3 heteroatoms. The van der Waals surface area contributed by atoms with Crippen molar-refractivity contribution >= 4 is 5.78 Å². The number of aromatic nitrogens is 2. The van der Waals surface area contributed by atoms with Crippen LogP contribution in [0.5, 0.6) is 0 Å². The van der Waals surface area contributed by atoms with Crippen molar-refractivity contribution in [1.82, 2.24) is 9.97 Å². The standard InChI is InChI=1S/C11H14N2O/c1-3-11(2)8(6-10(11)14)9-7-12-4-5-13-9/h4-5,7-8H,3,6H2,1-2H3. The number of carbonyl (C=O) groups excluding carboxylic acids is 1. The van der Waals surface area contributed by atoms with Gasteiger partial charge in [0.05, 0.1) is 5.69 Å². The summed E-state index contributed by atoms with van der Waals surface area (Å²) in [5, 5.41) is 0. The van der Waals surface area contributed by atoms with Crippen LogP contribution in [0.3, 0.4) is 0 Å². The van der Waals surface area contributed by atoms with Crippen LogP contribution in [0.15, 0.2) is 18.6 Å². The van der Waals surface area contributed by atoms with Gasteiger partial charge >= 0.3 is 0 Å². The molecule has 0 spiro atoms. The monoisotopic (exact) mass is 190 g/mol. The molecule has 3 nitrogen and oxygen atoms in total. The van der Waals surface area contributed by atoms with Gasteiger partial charge < -0.3 is 0 Å². The number of Topliss-reactive ketones (excluding diaryl/α,β-unsaturated/α-hetero) is 1. The molecule has 2 unspecified atom stereocenters. The molecule has 1 heterocycles. The van der Waals surface area contributed by atoms with Crippen LogP contribution in [-0.4, -0.2) is 15.8 Å². The fraction of sp³-hybridized carbons (Fsp3) is 0.545. The molecule has 74 valence electrons. The number of hydrogen-bond acceptors (Lipinski definition) is 3. The van der Waals surface area contributed by atoms with Crippen LogP contribution in [0.2, 0.25) is 0 Å². The van der Waals surface area contributed by atoms with Gasteiger partial charge in [-0.05, 0) is 6.42 Å². The summed E-state index contributed by atoms with van der Waals surface area (Å²) in [4.78, 5) is 19.8. The molecule has 1 aromatic rings. The van der Waals surface area contributed by atoms with Crippen molar-refractivity contribution in [2.24, 2.45) is 5.41 Å². The topological polar surface area (TPSA) is 42.9 Å². The molecule has 14 heavy (non-hydrogen) atoms. The first-order valence-corrected chi connectivity index (χ1v) is 4.97. The van der Waals surface area contributed by atoms with Gasteiger partial charge in [0.1, 0.15) is 5.78 Å². The molecule has 1 aliphatic rings. The predicted molar refractivity (Wildman–Crippen MR) is 52.8 cm³/mol. The van der Waals surface area contributed by atoms with Crippen LogP contribution in [0.25, 0.3) is 0 Å².